The highest BCUT2D eigenvalue weighted by Gasteiger charge is 2.64. The van der Waals surface area contributed by atoms with E-state index in [1.165, 1.54) is 4.90 Å². The summed E-state index contributed by atoms with van der Waals surface area (Å²) in [5.41, 5.74) is 3.90. The third-order valence-corrected chi connectivity index (χ3v) is 13.9. The number of benzene rings is 3. The van der Waals surface area contributed by atoms with Gasteiger partial charge in [0.05, 0.1) is 33.3 Å². The van der Waals surface area contributed by atoms with E-state index in [4.69, 9.17) is 25.8 Å². The van der Waals surface area contributed by atoms with E-state index in [2.05, 4.69) is 20.9 Å². The Labute approximate surface area is 401 Å². The Morgan fingerprint density at radius 1 is 0.970 bits per heavy atom. The smallest absolute Gasteiger partial charge is 0.251 e. The van der Waals surface area contributed by atoms with Crippen LogP contribution >= 0.6 is 22.9 Å². The van der Waals surface area contributed by atoms with Crippen LogP contribution in [0.25, 0.3) is 10.4 Å². The average molecular weight is 958 g/mol. The number of aliphatic hydroxyl groups is 2. The number of aliphatic hydroxyl groups excluding tert-OH is 2. The molecule has 0 bridgehead atoms. The first-order chi connectivity index (χ1) is 31.6. The average Bonchev–Trinajstić information content (AvgIpc) is 3.97. The minimum Gasteiger partial charge on any atom is -0.491 e. The molecule has 1 saturated heterocycles. The number of nitrogens with one attached hydrogen (secondary N) is 3. The van der Waals surface area contributed by atoms with Crippen molar-refractivity contribution in [1.29, 1.82) is 5.26 Å². The van der Waals surface area contributed by atoms with E-state index in [-0.39, 0.29) is 36.5 Å². The second-order valence-electron chi connectivity index (χ2n) is 19.5. The molecular formula is C50H61ClN6O9S. The van der Waals surface area contributed by atoms with Crippen LogP contribution in [0.5, 0.6) is 11.5 Å². The third-order valence-electron chi connectivity index (χ3n) is 12.6. The summed E-state index contributed by atoms with van der Waals surface area (Å²) in [7, 11) is 0. The highest BCUT2D eigenvalue weighted by atomic mass is 35.5. The minimum absolute atomic E-state index is 0.238. The first-order valence-electron chi connectivity index (χ1n) is 22.3. The van der Waals surface area contributed by atoms with Gasteiger partial charge in [0, 0.05) is 41.6 Å². The highest BCUT2D eigenvalue weighted by Crippen LogP contribution is 2.55. The molecule has 3 aromatic carbocycles. The van der Waals surface area contributed by atoms with Crippen LogP contribution in [0.1, 0.15) is 88.5 Å². The van der Waals surface area contributed by atoms with E-state index in [0.29, 0.717) is 53.6 Å². The lowest BCUT2D eigenvalue weighted by Gasteiger charge is -2.63. The van der Waals surface area contributed by atoms with Crippen LogP contribution in [0.2, 0.25) is 5.02 Å². The molecule has 2 heterocycles. The molecule has 1 saturated carbocycles. The molecule has 1 unspecified atom stereocenters. The minimum atomic E-state index is -1.40. The predicted octanol–water partition coefficient (Wildman–Crippen LogP) is 6.21. The number of halogens is 1. The van der Waals surface area contributed by atoms with Gasteiger partial charge in [0.2, 0.25) is 17.7 Å². The van der Waals surface area contributed by atoms with Crippen LogP contribution in [0.4, 0.5) is 0 Å². The molecule has 6 rings (SSSR count). The van der Waals surface area contributed by atoms with Crippen molar-refractivity contribution in [2.75, 3.05) is 26.4 Å². The highest BCUT2D eigenvalue weighted by molar-refractivity contribution is 7.13. The number of hydrogen-bond donors (Lipinski definition) is 5. The molecular weight excluding hydrogens is 896 g/mol. The van der Waals surface area contributed by atoms with Gasteiger partial charge in [-0.1, -0.05) is 84.3 Å². The van der Waals surface area contributed by atoms with Crippen molar-refractivity contribution < 1.29 is 43.6 Å². The van der Waals surface area contributed by atoms with Gasteiger partial charge in [-0.2, -0.15) is 5.26 Å². The summed E-state index contributed by atoms with van der Waals surface area (Å²) in [6.07, 6.45) is -1.90. The molecule has 2 fully saturated rings. The molecule has 67 heavy (non-hydrogen) atoms. The first kappa shape index (κ1) is 50.8. The number of nitrogens with zero attached hydrogens (tertiary/aromatic N) is 3. The van der Waals surface area contributed by atoms with Crippen molar-refractivity contribution in [2.24, 2.45) is 16.2 Å². The zero-order chi connectivity index (χ0) is 48.8. The van der Waals surface area contributed by atoms with Crippen LogP contribution < -0.4 is 25.4 Å². The van der Waals surface area contributed by atoms with Crippen LogP contribution in [-0.2, 0) is 25.7 Å². The number of rotatable bonds is 18. The van der Waals surface area contributed by atoms with Crippen molar-refractivity contribution in [3.05, 3.63) is 99.6 Å². The fraction of sp³-hybridized carbons (Fsp3) is 0.480. The van der Waals surface area contributed by atoms with E-state index in [1.54, 1.807) is 53.8 Å². The van der Waals surface area contributed by atoms with Gasteiger partial charge in [0.25, 0.3) is 5.91 Å². The number of nitriles is 1. The van der Waals surface area contributed by atoms with Gasteiger partial charge in [-0.05, 0) is 72.7 Å². The number of hydrogen-bond acceptors (Lipinski definition) is 12. The van der Waals surface area contributed by atoms with E-state index in [1.807, 2.05) is 91.2 Å². The van der Waals surface area contributed by atoms with Gasteiger partial charge < -0.3 is 45.3 Å². The summed E-state index contributed by atoms with van der Waals surface area (Å²) in [6, 6.07) is 19.4. The Bertz CT molecular complexity index is 2430. The van der Waals surface area contributed by atoms with Crippen LogP contribution in [-0.4, -0.2) is 107 Å². The number of thiazole rings is 1. The van der Waals surface area contributed by atoms with Crippen molar-refractivity contribution >= 4 is 46.6 Å². The van der Waals surface area contributed by atoms with Crippen molar-refractivity contribution in [3.63, 3.8) is 0 Å². The number of likely N-dealkylation sites (tertiary alicyclic amines) is 1. The zero-order valence-corrected chi connectivity index (χ0v) is 40.8. The summed E-state index contributed by atoms with van der Waals surface area (Å²) in [6.45, 7) is 15.0. The summed E-state index contributed by atoms with van der Waals surface area (Å²) < 4.78 is 17.4. The lowest BCUT2D eigenvalue weighted by molar-refractivity contribution is -0.164. The first-order valence-corrected chi connectivity index (χ1v) is 23.6. The van der Waals surface area contributed by atoms with Crippen molar-refractivity contribution in [3.8, 4) is 28.0 Å². The van der Waals surface area contributed by atoms with E-state index < -0.39 is 59.7 Å². The van der Waals surface area contributed by atoms with Crippen molar-refractivity contribution in [1.82, 2.24) is 25.8 Å². The maximum Gasteiger partial charge on any atom is 0.251 e. The maximum atomic E-state index is 14.0. The van der Waals surface area contributed by atoms with E-state index in [0.717, 1.165) is 21.7 Å². The summed E-state index contributed by atoms with van der Waals surface area (Å²) in [5, 5.41) is 39.6. The SMILES string of the molecule is Cc1ncsc1-c1ccc(CNC(=O)[C@@H]2CCCN2C(=O)C(NC(=O)COC[C@H](O)[C@@H](O)COc2ccc(C(=O)N[C@H]3C(C)(C)[C@H](Oc4ccc(C#N)c(Cl)c4)C3(C)C)cc2)C(C)(C)C)cc1. The second-order valence-corrected chi connectivity index (χ2v) is 20.8. The van der Waals surface area contributed by atoms with E-state index in [9.17, 15) is 34.7 Å². The Balaban J connectivity index is 0.919. The molecule has 4 aromatic rings. The van der Waals surface area contributed by atoms with Gasteiger partial charge >= 0.3 is 0 Å². The number of carbonyl (C=O) groups is 4. The van der Waals surface area contributed by atoms with Gasteiger partial charge in [-0.15, -0.1) is 11.3 Å². The second kappa shape index (κ2) is 21.2. The molecule has 0 spiro atoms. The van der Waals surface area contributed by atoms with E-state index >= 15 is 0 Å². The standard InChI is InChI=1S/C50H61ClN6O9S/c1-29-41(67-28-54-29)31-13-11-30(12-14-31)24-53-44(62)37-10-9-21-57(37)45(63)42(48(2,3)4)55-40(60)27-64-25-38(58)39(59)26-65-34-18-15-32(16-19-34)43(61)56-46-49(5,6)47(50(46,7)8)66-35-20-17-33(23-52)36(51)22-35/h11-20,22,28,37-39,42,46-47,58-59H,9-10,21,24-27H2,1-8H3,(H,53,62)(H,55,60)(H,56,61)/t37-,38-,39-,42?,46-,47-/m0/s1. The zero-order valence-electron chi connectivity index (χ0n) is 39.2. The van der Waals surface area contributed by atoms with Crippen molar-refractivity contribution in [2.45, 2.75) is 111 Å². The monoisotopic (exact) mass is 956 g/mol. The largest absolute Gasteiger partial charge is 0.491 e. The molecule has 4 atom stereocenters. The molecule has 15 nitrogen and oxygen atoms in total. The third kappa shape index (κ3) is 11.9. The number of aromatic nitrogens is 1. The summed E-state index contributed by atoms with van der Waals surface area (Å²) in [4.78, 5) is 60.8. The number of amides is 4. The van der Waals surface area contributed by atoms with Crippen LogP contribution in [0.3, 0.4) is 0 Å². The Morgan fingerprint density at radius 2 is 1.63 bits per heavy atom. The normalized spacial score (nSPS) is 19.8. The molecule has 5 N–H and O–H groups in total. The lowest BCUT2D eigenvalue weighted by atomic mass is 9.49. The van der Waals surface area contributed by atoms with Crippen LogP contribution in [0, 0.1) is 34.5 Å². The molecule has 0 radical (unpaired) electrons. The molecule has 2 aliphatic rings. The number of carbonyl (C=O) groups excluding carboxylic acids is 4. The summed E-state index contributed by atoms with van der Waals surface area (Å²) in [5.74, 6) is -0.630. The lowest BCUT2D eigenvalue weighted by Crippen LogP contribution is -2.74. The predicted molar refractivity (Wildman–Crippen MR) is 254 cm³/mol. The molecule has 17 heteroatoms. The van der Waals surface area contributed by atoms with Gasteiger partial charge in [-0.25, -0.2) is 4.98 Å². The number of ether oxygens (including phenoxy) is 3. The number of aryl methyl sites for hydroxylation is 1. The fourth-order valence-electron chi connectivity index (χ4n) is 9.17. The molecule has 4 amide bonds. The van der Waals surface area contributed by atoms with Gasteiger partial charge in [0.1, 0.15) is 61.2 Å². The Kier molecular flexibility index (Phi) is 16.1. The maximum absolute atomic E-state index is 14.0. The Morgan fingerprint density at radius 3 is 2.24 bits per heavy atom. The summed E-state index contributed by atoms with van der Waals surface area (Å²) >= 11 is 7.80. The molecule has 1 aliphatic heterocycles. The van der Waals surface area contributed by atoms with Gasteiger partial charge in [-0.3, -0.25) is 19.2 Å². The van der Waals surface area contributed by atoms with Crippen LogP contribution in [0.15, 0.2) is 72.2 Å². The fourth-order valence-corrected chi connectivity index (χ4v) is 10.2. The Hall–Kier alpha value is -5.57. The molecule has 358 valence electrons. The quantitative estimate of drug-likeness (QED) is 0.0757. The topological polar surface area (TPSA) is 212 Å². The molecule has 1 aliphatic carbocycles. The molecule has 1 aromatic heterocycles. The van der Waals surface area contributed by atoms with Gasteiger partial charge in [0.15, 0.2) is 0 Å².